The maximum absolute atomic E-state index is 13.6. The highest BCUT2D eigenvalue weighted by Crippen LogP contribution is 2.42. The van der Waals surface area contributed by atoms with Gasteiger partial charge >= 0.3 is 0 Å². The van der Waals surface area contributed by atoms with E-state index in [4.69, 9.17) is 9.47 Å². The van der Waals surface area contributed by atoms with Crippen molar-refractivity contribution in [2.75, 3.05) is 33.4 Å². The predicted molar refractivity (Wildman–Crippen MR) is 147 cm³/mol. The highest BCUT2D eigenvalue weighted by molar-refractivity contribution is 5.94. The van der Waals surface area contributed by atoms with Gasteiger partial charge in [0, 0.05) is 5.56 Å². The molecule has 0 radical (unpaired) electrons. The zero-order chi connectivity index (χ0) is 27.8. The van der Waals surface area contributed by atoms with Gasteiger partial charge in [-0.15, -0.1) is 0 Å². The standard InChI is InChI=1S/C32H37F2NO4/c1-23(36)24-6-15-30(31(22-24)38-2)39-21-5-3-4-18-35-19-16-27(17-20-35)32(37,25-7-11-28(33)12-8-25)26-9-13-29(34)14-10-26/h6-15,22,27,37H,3-5,16-21H2,1-2H3. The first kappa shape index (κ1) is 28.7. The van der Waals surface area contributed by atoms with Crippen LogP contribution in [-0.2, 0) is 5.60 Å². The van der Waals surface area contributed by atoms with Gasteiger partial charge in [-0.05, 0) is 118 Å². The Balaban J connectivity index is 1.26. The molecule has 1 aliphatic rings. The Kier molecular flexibility index (Phi) is 9.70. The van der Waals surface area contributed by atoms with Gasteiger partial charge in [0.25, 0.3) is 0 Å². The Morgan fingerprint density at radius 3 is 2.03 bits per heavy atom. The van der Waals surface area contributed by atoms with Crippen molar-refractivity contribution in [3.63, 3.8) is 0 Å². The Morgan fingerprint density at radius 2 is 1.49 bits per heavy atom. The fourth-order valence-corrected chi connectivity index (χ4v) is 5.42. The van der Waals surface area contributed by atoms with Crippen LogP contribution in [0.3, 0.4) is 0 Å². The van der Waals surface area contributed by atoms with E-state index < -0.39 is 5.60 Å². The number of nitrogens with zero attached hydrogens (tertiary/aromatic N) is 1. The van der Waals surface area contributed by atoms with Crippen molar-refractivity contribution < 1.29 is 28.2 Å². The lowest BCUT2D eigenvalue weighted by Crippen LogP contribution is -2.44. The molecule has 1 N–H and O–H groups in total. The predicted octanol–water partition coefficient (Wildman–Crippen LogP) is 6.37. The number of aliphatic hydroxyl groups is 1. The second-order valence-corrected chi connectivity index (χ2v) is 10.2. The normalized spacial score (nSPS) is 14.8. The SMILES string of the molecule is COc1cc(C(C)=O)ccc1OCCCCCN1CCC(C(O)(c2ccc(F)cc2)c2ccc(F)cc2)CC1. The van der Waals surface area contributed by atoms with Crippen molar-refractivity contribution in [3.05, 3.63) is 95.1 Å². The Bertz CT molecular complexity index is 1180. The number of carbonyl (C=O) groups excluding carboxylic acids is 1. The lowest BCUT2D eigenvalue weighted by molar-refractivity contribution is -0.0144. The van der Waals surface area contributed by atoms with Gasteiger partial charge in [0.15, 0.2) is 17.3 Å². The van der Waals surface area contributed by atoms with E-state index in [1.807, 2.05) is 0 Å². The van der Waals surface area contributed by atoms with Crippen molar-refractivity contribution in [2.24, 2.45) is 5.92 Å². The Hall–Kier alpha value is -3.29. The monoisotopic (exact) mass is 537 g/mol. The topological polar surface area (TPSA) is 59.0 Å². The number of unbranched alkanes of at least 4 members (excludes halogenated alkanes) is 2. The van der Waals surface area contributed by atoms with Crippen LogP contribution in [-0.4, -0.2) is 49.1 Å². The van der Waals surface area contributed by atoms with Crippen LogP contribution in [0.15, 0.2) is 66.7 Å². The molecule has 3 aromatic carbocycles. The molecule has 7 heteroatoms. The van der Waals surface area contributed by atoms with Crippen LogP contribution < -0.4 is 9.47 Å². The van der Waals surface area contributed by atoms with Gasteiger partial charge in [0.2, 0.25) is 0 Å². The molecule has 0 unspecified atom stereocenters. The van der Waals surface area contributed by atoms with E-state index in [2.05, 4.69) is 4.90 Å². The number of piperidine rings is 1. The summed E-state index contributed by atoms with van der Waals surface area (Å²) in [6, 6.07) is 17.2. The number of hydrogen-bond acceptors (Lipinski definition) is 5. The van der Waals surface area contributed by atoms with Gasteiger partial charge in [-0.3, -0.25) is 4.79 Å². The number of rotatable bonds is 12. The molecule has 208 valence electrons. The molecule has 0 saturated carbocycles. The summed E-state index contributed by atoms with van der Waals surface area (Å²) in [7, 11) is 1.56. The van der Waals surface area contributed by atoms with Crippen molar-refractivity contribution >= 4 is 5.78 Å². The zero-order valence-electron chi connectivity index (χ0n) is 22.7. The minimum atomic E-state index is -1.31. The van der Waals surface area contributed by atoms with Gasteiger partial charge in [0.1, 0.15) is 17.2 Å². The molecule has 0 bridgehead atoms. The summed E-state index contributed by atoms with van der Waals surface area (Å²) in [6.07, 6.45) is 4.52. The third-order valence-electron chi connectivity index (χ3n) is 7.69. The van der Waals surface area contributed by atoms with Crippen LogP contribution >= 0.6 is 0 Å². The average molecular weight is 538 g/mol. The molecule has 1 heterocycles. The summed E-state index contributed by atoms with van der Waals surface area (Å²) in [5.74, 6) is 0.406. The van der Waals surface area contributed by atoms with E-state index >= 15 is 0 Å². The third kappa shape index (κ3) is 7.02. The summed E-state index contributed by atoms with van der Waals surface area (Å²) in [4.78, 5) is 14.0. The van der Waals surface area contributed by atoms with Gasteiger partial charge in [0.05, 0.1) is 13.7 Å². The van der Waals surface area contributed by atoms with Gasteiger partial charge in [-0.1, -0.05) is 24.3 Å². The molecule has 5 nitrogen and oxygen atoms in total. The Morgan fingerprint density at radius 1 is 0.897 bits per heavy atom. The van der Waals surface area contributed by atoms with Crippen molar-refractivity contribution in [2.45, 2.75) is 44.6 Å². The number of Topliss-reactive ketones (excluding diaryl/α,β-unsaturated/α-hetero) is 1. The molecule has 0 spiro atoms. The van der Waals surface area contributed by atoms with Crippen LogP contribution in [0.4, 0.5) is 8.78 Å². The van der Waals surface area contributed by atoms with Crippen LogP contribution in [0.25, 0.3) is 0 Å². The summed E-state index contributed by atoms with van der Waals surface area (Å²) in [5.41, 5.74) is 0.536. The zero-order valence-corrected chi connectivity index (χ0v) is 22.7. The van der Waals surface area contributed by atoms with E-state index in [0.717, 1.165) is 51.7 Å². The number of ether oxygens (including phenoxy) is 2. The van der Waals surface area contributed by atoms with Crippen molar-refractivity contribution in [1.82, 2.24) is 4.90 Å². The molecule has 3 aromatic rings. The van der Waals surface area contributed by atoms with Crippen LogP contribution in [0.1, 0.15) is 60.5 Å². The van der Waals surface area contributed by atoms with Crippen LogP contribution in [0, 0.1) is 17.6 Å². The van der Waals surface area contributed by atoms with Crippen molar-refractivity contribution in [3.8, 4) is 11.5 Å². The molecule has 0 amide bonds. The maximum atomic E-state index is 13.6. The lowest BCUT2D eigenvalue weighted by Gasteiger charge is -2.42. The fraction of sp³-hybridized carbons (Fsp3) is 0.406. The van der Waals surface area contributed by atoms with Gasteiger partial charge < -0.3 is 19.5 Å². The molecule has 1 aliphatic heterocycles. The summed E-state index contributed by atoms with van der Waals surface area (Å²) >= 11 is 0. The molecule has 1 saturated heterocycles. The highest BCUT2D eigenvalue weighted by Gasteiger charge is 2.41. The quantitative estimate of drug-likeness (QED) is 0.215. The molecule has 39 heavy (non-hydrogen) atoms. The summed E-state index contributed by atoms with van der Waals surface area (Å²) < 4.78 is 38.5. The largest absolute Gasteiger partial charge is 0.493 e. The first-order valence-corrected chi connectivity index (χ1v) is 13.6. The average Bonchev–Trinajstić information content (AvgIpc) is 2.95. The molecule has 4 rings (SSSR count). The molecule has 1 fully saturated rings. The van der Waals surface area contributed by atoms with E-state index in [1.54, 1.807) is 49.6 Å². The second kappa shape index (κ2) is 13.2. The number of likely N-dealkylation sites (tertiary alicyclic amines) is 1. The van der Waals surface area contributed by atoms with Gasteiger partial charge in [-0.2, -0.15) is 0 Å². The van der Waals surface area contributed by atoms with E-state index in [9.17, 15) is 18.7 Å². The minimum absolute atomic E-state index is 0.0144. The smallest absolute Gasteiger partial charge is 0.161 e. The molecular formula is C32H37F2NO4. The van der Waals surface area contributed by atoms with E-state index in [0.29, 0.717) is 34.8 Å². The summed E-state index contributed by atoms with van der Waals surface area (Å²) in [5, 5.41) is 12.0. The van der Waals surface area contributed by atoms with Gasteiger partial charge in [-0.25, -0.2) is 8.78 Å². The van der Waals surface area contributed by atoms with Crippen LogP contribution in [0.2, 0.25) is 0 Å². The number of methoxy groups -OCH3 is 1. The molecule has 0 atom stereocenters. The second-order valence-electron chi connectivity index (χ2n) is 10.2. The molecule has 0 aromatic heterocycles. The number of hydrogen-bond donors (Lipinski definition) is 1. The summed E-state index contributed by atoms with van der Waals surface area (Å²) in [6.45, 7) is 4.77. The Labute approximate surface area is 229 Å². The molecule has 0 aliphatic carbocycles. The number of halogens is 2. The fourth-order valence-electron chi connectivity index (χ4n) is 5.42. The van der Waals surface area contributed by atoms with Crippen LogP contribution in [0.5, 0.6) is 11.5 Å². The lowest BCUT2D eigenvalue weighted by atomic mass is 9.72. The number of carbonyl (C=O) groups is 1. The number of benzene rings is 3. The molecular weight excluding hydrogens is 500 g/mol. The van der Waals surface area contributed by atoms with Crippen molar-refractivity contribution in [1.29, 1.82) is 0 Å². The highest BCUT2D eigenvalue weighted by atomic mass is 19.1. The minimum Gasteiger partial charge on any atom is -0.493 e. The maximum Gasteiger partial charge on any atom is 0.161 e. The number of ketones is 1. The van der Waals surface area contributed by atoms with E-state index in [1.165, 1.54) is 31.2 Å². The first-order valence-electron chi connectivity index (χ1n) is 13.6. The third-order valence-corrected chi connectivity index (χ3v) is 7.69. The first-order chi connectivity index (χ1) is 18.8. The van der Waals surface area contributed by atoms with E-state index in [-0.39, 0.29) is 23.3 Å².